The number of anilines is 1. The van der Waals surface area contributed by atoms with E-state index in [1.165, 1.54) is 0 Å². The summed E-state index contributed by atoms with van der Waals surface area (Å²) in [6.07, 6.45) is 9.99. The Morgan fingerprint density at radius 2 is 2.04 bits per heavy atom. The Morgan fingerprint density at radius 1 is 1.19 bits per heavy atom. The van der Waals surface area contributed by atoms with Crippen LogP contribution in [-0.4, -0.2) is 48.6 Å². The van der Waals surface area contributed by atoms with Crippen LogP contribution in [0.15, 0.2) is 47.1 Å². The van der Waals surface area contributed by atoms with Crippen LogP contribution in [0, 0.1) is 0 Å². The molecular formula is C17H16ClN7O. The van der Waals surface area contributed by atoms with Crippen molar-refractivity contribution in [1.82, 2.24) is 24.5 Å². The van der Waals surface area contributed by atoms with Gasteiger partial charge in [0.2, 0.25) is 5.95 Å². The number of aliphatic hydroxyl groups is 1. The van der Waals surface area contributed by atoms with Crippen LogP contribution >= 0.6 is 11.6 Å². The molecule has 26 heavy (non-hydrogen) atoms. The number of aromatic nitrogens is 5. The smallest absolute Gasteiger partial charge is 0.222 e. The molecule has 0 atom stereocenters. The highest BCUT2D eigenvalue weighted by atomic mass is 35.5. The van der Waals surface area contributed by atoms with Gasteiger partial charge < -0.3 is 10.4 Å². The number of pyridine rings is 1. The number of aliphatic hydroxyl groups excluding tert-OH is 1. The molecule has 0 saturated carbocycles. The van der Waals surface area contributed by atoms with E-state index in [-0.39, 0.29) is 6.61 Å². The molecule has 1 aliphatic heterocycles. The lowest BCUT2D eigenvalue weighted by molar-refractivity contribution is 0.311. The van der Waals surface area contributed by atoms with E-state index in [1.54, 1.807) is 31.0 Å². The summed E-state index contributed by atoms with van der Waals surface area (Å²) in [5.74, 6) is 2.01. The molecule has 0 aromatic carbocycles. The fourth-order valence-electron chi connectivity index (χ4n) is 2.76. The van der Waals surface area contributed by atoms with E-state index in [9.17, 15) is 0 Å². The van der Waals surface area contributed by atoms with Crippen molar-refractivity contribution in [3.05, 3.63) is 42.1 Å². The molecule has 1 aliphatic rings. The molecule has 3 aromatic rings. The predicted molar refractivity (Wildman–Crippen MR) is 100 cm³/mol. The summed E-state index contributed by atoms with van der Waals surface area (Å²) in [7, 11) is 0. The highest BCUT2D eigenvalue weighted by Gasteiger charge is 2.19. The molecule has 3 aromatic heterocycles. The van der Waals surface area contributed by atoms with Crippen LogP contribution < -0.4 is 5.32 Å². The summed E-state index contributed by atoms with van der Waals surface area (Å²) in [6.45, 7) is 0.414. The average Bonchev–Trinajstić information content (AvgIpc) is 3.07. The predicted octanol–water partition coefficient (Wildman–Crippen LogP) is 2.41. The largest absolute Gasteiger partial charge is 0.395 e. The van der Waals surface area contributed by atoms with Gasteiger partial charge in [-0.05, 0) is 12.5 Å². The first kappa shape index (κ1) is 16.6. The first-order valence-electron chi connectivity index (χ1n) is 8.17. The molecule has 0 unspecified atom stereocenters. The molecular weight excluding hydrogens is 354 g/mol. The van der Waals surface area contributed by atoms with Crippen LogP contribution in [0.4, 0.5) is 5.95 Å². The fraction of sp³-hybridized carbons (Fsp3) is 0.235. The number of halogens is 1. The van der Waals surface area contributed by atoms with Crippen molar-refractivity contribution >= 4 is 34.4 Å². The summed E-state index contributed by atoms with van der Waals surface area (Å²) in [5, 5.41) is 12.5. The van der Waals surface area contributed by atoms with Crippen molar-refractivity contribution in [2.75, 3.05) is 18.5 Å². The van der Waals surface area contributed by atoms with Gasteiger partial charge in [0, 0.05) is 42.8 Å². The van der Waals surface area contributed by atoms with Crippen molar-refractivity contribution in [3.63, 3.8) is 0 Å². The van der Waals surface area contributed by atoms with E-state index in [4.69, 9.17) is 21.7 Å². The fourth-order valence-corrected chi connectivity index (χ4v) is 2.90. The number of nitrogens with one attached hydrogen (secondary N) is 1. The molecule has 8 nitrogen and oxygen atoms in total. The number of imidazole rings is 1. The van der Waals surface area contributed by atoms with Gasteiger partial charge in [-0.3, -0.25) is 9.55 Å². The maximum absolute atomic E-state index is 8.88. The van der Waals surface area contributed by atoms with E-state index < -0.39 is 0 Å². The highest BCUT2D eigenvalue weighted by molar-refractivity contribution is 6.30. The molecule has 2 N–H and O–H groups in total. The summed E-state index contributed by atoms with van der Waals surface area (Å²) in [6, 6.07) is 1.86. The number of fused-ring (bicyclic) bond motifs is 1. The van der Waals surface area contributed by atoms with Gasteiger partial charge in [-0.15, -0.1) is 0 Å². The minimum absolute atomic E-state index is 0.0177. The average molecular weight is 370 g/mol. The van der Waals surface area contributed by atoms with Crippen LogP contribution in [0.2, 0.25) is 0 Å². The molecule has 0 spiro atoms. The van der Waals surface area contributed by atoms with Crippen LogP contribution in [0.5, 0.6) is 0 Å². The third kappa shape index (κ3) is 3.16. The lowest BCUT2D eigenvalue weighted by Crippen LogP contribution is -2.15. The number of hydrogen-bond donors (Lipinski definition) is 2. The quantitative estimate of drug-likeness (QED) is 0.732. The Labute approximate surface area is 154 Å². The van der Waals surface area contributed by atoms with Crippen molar-refractivity contribution in [3.8, 4) is 11.4 Å². The summed E-state index contributed by atoms with van der Waals surface area (Å²) < 4.78 is 1.97. The molecule has 132 valence electrons. The molecule has 0 amide bonds. The van der Waals surface area contributed by atoms with Gasteiger partial charge in [-0.25, -0.2) is 19.9 Å². The van der Waals surface area contributed by atoms with Gasteiger partial charge in [0.25, 0.3) is 0 Å². The van der Waals surface area contributed by atoms with Crippen molar-refractivity contribution in [1.29, 1.82) is 0 Å². The topological polar surface area (TPSA) is 101 Å². The molecule has 0 radical (unpaired) electrons. The molecule has 0 fully saturated rings. The van der Waals surface area contributed by atoms with Gasteiger partial charge in [0.1, 0.15) is 11.7 Å². The van der Waals surface area contributed by atoms with E-state index in [0.717, 1.165) is 33.9 Å². The van der Waals surface area contributed by atoms with Crippen molar-refractivity contribution in [2.45, 2.75) is 12.8 Å². The third-order valence-corrected chi connectivity index (χ3v) is 4.25. The normalized spacial score (nSPS) is 14.2. The van der Waals surface area contributed by atoms with Crippen LogP contribution in [0.25, 0.3) is 22.4 Å². The highest BCUT2D eigenvalue weighted by Crippen LogP contribution is 2.27. The van der Waals surface area contributed by atoms with Gasteiger partial charge in [0.15, 0.2) is 0 Å². The molecule has 4 rings (SSSR count). The van der Waals surface area contributed by atoms with Gasteiger partial charge >= 0.3 is 0 Å². The minimum Gasteiger partial charge on any atom is -0.395 e. The Balaban J connectivity index is 1.81. The molecule has 0 saturated heterocycles. The third-order valence-electron chi connectivity index (χ3n) is 3.96. The number of aliphatic imine (C=N–C) groups is 1. The Kier molecular flexibility index (Phi) is 4.59. The summed E-state index contributed by atoms with van der Waals surface area (Å²) >= 11 is 6.05. The van der Waals surface area contributed by atoms with Gasteiger partial charge in [-0.2, -0.15) is 0 Å². The Hall–Kier alpha value is -2.84. The first-order chi connectivity index (χ1) is 12.8. The zero-order valence-electron chi connectivity index (χ0n) is 13.8. The van der Waals surface area contributed by atoms with Crippen molar-refractivity contribution in [2.24, 2.45) is 4.99 Å². The van der Waals surface area contributed by atoms with E-state index in [0.29, 0.717) is 24.7 Å². The van der Waals surface area contributed by atoms with Crippen LogP contribution in [0.1, 0.15) is 12.8 Å². The molecule has 4 heterocycles. The maximum Gasteiger partial charge on any atom is 0.222 e. The maximum atomic E-state index is 8.88. The summed E-state index contributed by atoms with van der Waals surface area (Å²) in [4.78, 5) is 22.0. The second-order valence-electron chi connectivity index (χ2n) is 5.70. The minimum atomic E-state index is 0.0177. The Bertz CT molecular complexity index is 994. The second kappa shape index (κ2) is 7.19. The number of hydrogen-bond acceptors (Lipinski definition) is 7. The standard InChI is InChI=1S/C17H16ClN7O/c18-12-1-2-15(21-9-12)25-14-10-19-4-3-13(14)24-16(25)11-7-22-17(23-8-11)20-5-6-26/h3-4,7-10,26H,1-2,5-6H2,(H,20,22,23). The number of nitrogens with zero attached hydrogens (tertiary/aromatic N) is 6. The zero-order chi connectivity index (χ0) is 17.9. The molecule has 9 heteroatoms. The summed E-state index contributed by atoms with van der Waals surface area (Å²) in [5.41, 5.74) is 2.45. The molecule has 0 aliphatic carbocycles. The van der Waals surface area contributed by atoms with E-state index >= 15 is 0 Å². The van der Waals surface area contributed by atoms with Crippen LogP contribution in [-0.2, 0) is 0 Å². The monoisotopic (exact) mass is 369 g/mol. The van der Waals surface area contributed by atoms with Gasteiger partial charge in [-0.1, -0.05) is 11.6 Å². The lowest BCUT2D eigenvalue weighted by Gasteiger charge is -2.14. The lowest BCUT2D eigenvalue weighted by atomic mass is 10.2. The second-order valence-corrected chi connectivity index (χ2v) is 6.19. The van der Waals surface area contributed by atoms with E-state index in [2.05, 4.69) is 25.3 Å². The van der Waals surface area contributed by atoms with E-state index in [1.807, 2.05) is 10.6 Å². The number of allylic oxidation sites excluding steroid dienone is 1. The SMILES string of the molecule is OCCNc1ncc(-c2nc3ccncc3n2C2=NC=C(Cl)CC2)cn1. The Morgan fingerprint density at radius 3 is 2.77 bits per heavy atom. The van der Waals surface area contributed by atoms with Gasteiger partial charge in [0.05, 0.1) is 29.4 Å². The number of rotatable bonds is 4. The zero-order valence-corrected chi connectivity index (χ0v) is 14.6. The first-order valence-corrected chi connectivity index (χ1v) is 8.55. The van der Waals surface area contributed by atoms with Crippen molar-refractivity contribution < 1.29 is 5.11 Å². The molecule has 0 bridgehead atoms. The van der Waals surface area contributed by atoms with Crippen LogP contribution in [0.3, 0.4) is 0 Å².